The van der Waals surface area contributed by atoms with Gasteiger partial charge in [-0.1, -0.05) is 11.6 Å². The summed E-state index contributed by atoms with van der Waals surface area (Å²) in [5.74, 6) is -0.162. The maximum absolute atomic E-state index is 12.1. The Labute approximate surface area is 153 Å². The van der Waals surface area contributed by atoms with Crippen molar-refractivity contribution in [2.75, 3.05) is 5.32 Å². The van der Waals surface area contributed by atoms with Crippen LogP contribution in [0, 0.1) is 13.8 Å². The minimum Gasteiger partial charge on any atom is -0.321 e. The molecule has 0 aliphatic heterocycles. The predicted molar refractivity (Wildman–Crippen MR) is 99.4 cm³/mol. The van der Waals surface area contributed by atoms with Crippen molar-refractivity contribution < 1.29 is 4.79 Å². The standard InChI is InChI=1S/C17H14ClN3OS2/c1-10-9-11(2)20-17(19-10)23-13-5-3-12(4-6-13)21-16(22)14-7-8-15(18)24-14/h3-9H,1-2H3,(H,21,22). The zero-order valence-corrected chi connectivity index (χ0v) is 15.4. The third kappa shape index (κ3) is 4.35. The molecule has 0 atom stereocenters. The lowest BCUT2D eigenvalue weighted by atomic mass is 10.3. The van der Waals surface area contributed by atoms with Gasteiger partial charge in [-0.2, -0.15) is 0 Å². The van der Waals surface area contributed by atoms with Gasteiger partial charge in [0.1, 0.15) is 0 Å². The molecule has 24 heavy (non-hydrogen) atoms. The van der Waals surface area contributed by atoms with Gasteiger partial charge in [-0.05, 0) is 68.1 Å². The molecule has 0 fully saturated rings. The number of halogens is 1. The maximum Gasteiger partial charge on any atom is 0.265 e. The van der Waals surface area contributed by atoms with Gasteiger partial charge in [0, 0.05) is 22.0 Å². The first-order valence-electron chi connectivity index (χ1n) is 7.16. The fraction of sp³-hybridized carbons (Fsp3) is 0.118. The van der Waals surface area contributed by atoms with Crippen LogP contribution < -0.4 is 5.32 Å². The Kier molecular flexibility index (Phi) is 5.18. The zero-order chi connectivity index (χ0) is 17.1. The molecule has 0 saturated heterocycles. The van der Waals surface area contributed by atoms with E-state index >= 15 is 0 Å². The molecule has 3 aromatic rings. The molecule has 0 bridgehead atoms. The minimum absolute atomic E-state index is 0.162. The number of aryl methyl sites for hydroxylation is 2. The smallest absolute Gasteiger partial charge is 0.265 e. The Morgan fingerprint density at radius 1 is 1.08 bits per heavy atom. The first kappa shape index (κ1) is 17.0. The number of benzene rings is 1. The van der Waals surface area contributed by atoms with Crippen LogP contribution >= 0.6 is 34.7 Å². The molecule has 1 amide bonds. The quantitative estimate of drug-likeness (QED) is 0.636. The van der Waals surface area contributed by atoms with E-state index in [1.165, 1.54) is 23.1 Å². The first-order chi connectivity index (χ1) is 11.5. The van der Waals surface area contributed by atoms with Crippen LogP contribution in [0.25, 0.3) is 0 Å². The van der Waals surface area contributed by atoms with Crippen LogP contribution in [0.1, 0.15) is 21.1 Å². The van der Waals surface area contributed by atoms with E-state index in [-0.39, 0.29) is 5.91 Å². The van der Waals surface area contributed by atoms with Gasteiger partial charge in [-0.25, -0.2) is 9.97 Å². The molecular weight excluding hydrogens is 362 g/mol. The highest BCUT2D eigenvalue weighted by Gasteiger charge is 2.09. The van der Waals surface area contributed by atoms with Crippen LogP contribution in [0.2, 0.25) is 4.34 Å². The molecular formula is C17H14ClN3OS2. The number of nitrogens with one attached hydrogen (secondary N) is 1. The topological polar surface area (TPSA) is 54.9 Å². The van der Waals surface area contributed by atoms with Gasteiger partial charge in [0.15, 0.2) is 5.16 Å². The highest BCUT2D eigenvalue weighted by atomic mass is 35.5. The number of carbonyl (C=O) groups excluding carboxylic acids is 1. The second-order valence-corrected chi connectivity index (χ2v) is 7.87. The van der Waals surface area contributed by atoms with E-state index in [0.29, 0.717) is 9.21 Å². The second-order valence-electron chi connectivity index (χ2n) is 5.12. The molecule has 0 radical (unpaired) electrons. The van der Waals surface area contributed by atoms with Crippen LogP contribution in [0.4, 0.5) is 5.69 Å². The molecule has 0 spiro atoms. The van der Waals surface area contributed by atoms with Gasteiger partial charge in [-0.3, -0.25) is 4.79 Å². The Morgan fingerprint density at radius 3 is 2.33 bits per heavy atom. The summed E-state index contributed by atoms with van der Waals surface area (Å²) in [6.07, 6.45) is 0. The Hall–Kier alpha value is -1.89. The minimum atomic E-state index is -0.162. The fourth-order valence-electron chi connectivity index (χ4n) is 2.08. The molecule has 0 aliphatic rings. The van der Waals surface area contributed by atoms with Crippen molar-refractivity contribution in [2.45, 2.75) is 23.9 Å². The lowest BCUT2D eigenvalue weighted by Gasteiger charge is -2.06. The van der Waals surface area contributed by atoms with Crippen LogP contribution in [-0.4, -0.2) is 15.9 Å². The molecule has 1 aromatic carbocycles. The number of amides is 1. The third-order valence-electron chi connectivity index (χ3n) is 3.08. The van der Waals surface area contributed by atoms with Crippen LogP contribution in [0.15, 0.2) is 52.5 Å². The van der Waals surface area contributed by atoms with E-state index in [2.05, 4.69) is 15.3 Å². The van der Waals surface area contributed by atoms with Crippen molar-refractivity contribution in [1.29, 1.82) is 0 Å². The van der Waals surface area contributed by atoms with E-state index in [9.17, 15) is 4.79 Å². The molecule has 3 rings (SSSR count). The predicted octanol–water partition coefficient (Wildman–Crippen LogP) is 5.21. The van der Waals surface area contributed by atoms with Crippen LogP contribution in [-0.2, 0) is 0 Å². The molecule has 0 unspecified atom stereocenters. The number of anilines is 1. The number of nitrogens with zero attached hydrogens (tertiary/aromatic N) is 2. The third-order valence-corrected chi connectivity index (χ3v) is 5.18. The van der Waals surface area contributed by atoms with E-state index in [4.69, 9.17) is 11.6 Å². The first-order valence-corrected chi connectivity index (χ1v) is 9.17. The zero-order valence-electron chi connectivity index (χ0n) is 13.0. The van der Waals surface area contributed by atoms with Crippen molar-refractivity contribution in [1.82, 2.24) is 9.97 Å². The number of hydrogen-bond donors (Lipinski definition) is 1. The molecule has 1 N–H and O–H groups in total. The number of rotatable bonds is 4. The van der Waals surface area contributed by atoms with Crippen molar-refractivity contribution in [3.8, 4) is 0 Å². The summed E-state index contributed by atoms with van der Waals surface area (Å²) in [5.41, 5.74) is 2.63. The molecule has 122 valence electrons. The van der Waals surface area contributed by atoms with Gasteiger partial charge < -0.3 is 5.32 Å². The van der Waals surface area contributed by atoms with Crippen molar-refractivity contribution in [2.24, 2.45) is 0 Å². The highest BCUT2D eigenvalue weighted by Crippen LogP contribution is 2.27. The molecule has 0 saturated carbocycles. The normalized spacial score (nSPS) is 10.6. The molecule has 7 heteroatoms. The molecule has 2 heterocycles. The molecule has 2 aromatic heterocycles. The van der Waals surface area contributed by atoms with Gasteiger partial charge in [0.2, 0.25) is 0 Å². The molecule has 0 aliphatic carbocycles. The van der Waals surface area contributed by atoms with Crippen molar-refractivity contribution in [3.05, 3.63) is 63.1 Å². The average Bonchev–Trinajstić information content (AvgIpc) is 2.95. The maximum atomic E-state index is 12.1. The van der Waals surface area contributed by atoms with E-state index in [0.717, 1.165) is 27.1 Å². The van der Waals surface area contributed by atoms with E-state index < -0.39 is 0 Å². The summed E-state index contributed by atoms with van der Waals surface area (Å²) in [7, 11) is 0. The number of carbonyl (C=O) groups is 1. The van der Waals surface area contributed by atoms with Crippen LogP contribution in [0.5, 0.6) is 0 Å². The number of aromatic nitrogens is 2. The number of hydrogen-bond acceptors (Lipinski definition) is 5. The Bertz CT molecular complexity index is 858. The van der Waals surface area contributed by atoms with E-state index in [1.807, 2.05) is 44.2 Å². The summed E-state index contributed by atoms with van der Waals surface area (Å²) in [5, 5.41) is 3.57. The lowest BCUT2D eigenvalue weighted by Crippen LogP contribution is -2.09. The fourth-order valence-corrected chi connectivity index (χ4v) is 3.88. The van der Waals surface area contributed by atoms with E-state index in [1.54, 1.807) is 12.1 Å². The summed E-state index contributed by atoms with van der Waals surface area (Å²) < 4.78 is 0.598. The van der Waals surface area contributed by atoms with Gasteiger partial charge >= 0.3 is 0 Å². The summed E-state index contributed by atoms with van der Waals surface area (Å²) >= 11 is 8.60. The lowest BCUT2D eigenvalue weighted by molar-refractivity contribution is 0.103. The average molecular weight is 376 g/mol. The largest absolute Gasteiger partial charge is 0.321 e. The van der Waals surface area contributed by atoms with Gasteiger partial charge in [-0.15, -0.1) is 11.3 Å². The SMILES string of the molecule is Cc1cc(C)nc(Sc2ccc(NC(=O)c3ccc(Cl)s3)cc2)n1. The Morgan fingerprint density at radius 2 is 1.75 bits per heavy atom. The molecule has 4 nitrogen and oxygen atoms in total. The monoisotopic (exact) mass is 375 g/mol. The van der Waals surface area contributed by atoms with Gasteiger partial charge in [0.05, 0.1) is 9.21 Å². The Balaban J connectivity index is 1.68. The van der Waals surface area contributed by atoms with Crippen molar-refractivity contribution >= 4 is 46.3 Å². The highest BCUT2D eigenvalue weighted by molar-refractivity contribution is 7.99. The summed E-state index contributed by atoms with van der Waals surface area (Å²) in [4.78, 5) is 22.5. The second kappa shape index (κ2) is 7.34. The van der Waals surface area contributed by atoms with Crippen LogP contribution in [0.3, 0.4) is 0 Å². The van der Waals surface area contributed by atoms with Crippen molar-refractivity contribution in [3.63, 3.8) is 0 Å². The van der Waals surface area contributed by atoms with Gasteiger partial charge in [0.25, 0.3) is 5.91 Å². The number of thiophene rings is 1. The summed E-state index contributed by atoms with van der Waals surface area (Å²) in [6, 6.07) is 13.0. The summed E-state index contributed by atoms with van der Waals surface area (Å²) in [6.45, 7) is 3.91.